The first-order valence-electron chi connectivity index (χ1n) is 12.7. The van der Waals surface area contributed by atoms with Crippen LogP contribution in [0.15, 0.2) is 57.5 Å². The molecule has 216 valence electrons. The van der Waals surface area contributed by atoms with Gasteiger partial charge in [0.05, 0.1) is 40.6 Å². The van der Waals surface area contributed by atoms with Gasteiger partial charge in [0.25, 0.3) is 5.56 Å². The van der Waals surface area contributed by atoms with Crippen molar-refractivity contribution in [1.82, 2.24) is 4.57 Å². The maximum Gasteiger partial charge on any atom is 0.341 e. The van der Waals surface area contributed by atoms with E-state index in [1.165, 1.54) is 17.7 Å². The molecule has 10 nitrogen and oxygen atoms in total. The molecular weight excluding hydrogens is 572 g/mol. The summed E-state index contributed by atoms with van der Waals surface area (Å²) in [5.41, 5.74) is 1.44. The Kier molecular flexibility index (Phi) is 9.19. The molecule has 0 saturated heterocycles. The van der Waals surface area contributed by atoms with Crippen LogP contribution >= 0.6 is 22.9 Å². The Morgan fingerprint density at radius 1 is 1.22 bits per heavy atom. The van der Waals surface area contributed by atoms with Crippen molar-refractivity contribution in [2.75, 3.05) is 20.3 Å². The number of benzene rings is 2. The van der Waals surface area contributed by atoms with Gasteiger partial charge in [-0.1, -0.05) is 41.1 Å². The molecule has 1 aromatic heterocycles. The highest BCUT2D eigenvalue weighted by Gasteiger charge is 2.35. The van der Waals surface area contributed by atoms with E-state index >= 15 is 0 Å². The van der Waals surface area contributed by atoms with Crippen LogP contribution in [0.25, 0.3) is 6.08 Å². The summed E-state index contributed by atoms with van der Waals surface area (Å²) < 4.78 is 23.9. The minimum absolute atomic E-state index is 0.0756. The van der Waals surface area contributed by atoms with E-state index < -0.39 is 24.6 Å². The fourth-order valence-electron chi connectivity index (χ4n) is 4.40. The fraction of sp³-hybridized carbons (Fsp3) is 0.310. The number of rotatable bonds is 10. The van der Waals surface area contributed by atoms with E-state index in [1.807, 2.05) is 32.0 Å². The predicted molar refractivity (Wildman–Crippen MR) is 154 cm³/mol. The number of hydrogen-bond acceptors (Lipinski definition) is 9. The first-order valence-corrected chi connectivity index (χ1v) is 13.9. The van der Waals surface area contributed by atoms with Gasteiger partial charge in [-0.2, -0.15) is 0 Å². The van der Waals surface area contributed by atoms with Crippen molar-refractivity contribution in [1.29, 1.82) is 0 Å². The van der Waals surface area contributed by atoms with E-state index in [0.717, 1.165) is 11.3 Å². The van der Waals surface area contributed by atoms with E-state index in [4.69, 9.17) is 35.7 Å². The number of para-hydroxylation sites is 1. The first-order chi connectivity index (χ1) is 19.5. The average Bonchev–Trinajstić information content (AvgIpc) is 3.21. The summed E-state index contributed by atoms with van der Waals surface area (Å²) >= 11 is 7.53. The number of carbonyl (C=O) groups is 2. The Balaban J connectivity index is 1.92. The molecule has 0 fully saturated rings. The topological polar surface area (TPSA) is 126 Å². The van der Waals surface area contributed by atoms with Crippen LogP contribution in [0, 0.1) is 0 Å². The number of aromatic nitrogens is 1. The van der Waals surface area contributed by atoms with Gasteiger partial charge < -0.3 is 24.1 Å². The second-order valence-corrected chi connectivity index (χ2v) is 10.6. The molecule has 2 heterocycles. The molecule has 1 N–H and O–H groups in total. The number of aliphatic carboxylic acids is 1. The molecule has 0 bridgehead atoms. The number of carboxylic acids is 1. The summed E-state index contributed by atoms with van der Waals surface area (Å²) in [6, 6.07) is 9.54. The number of methoxy groups -OCH3 is 1. The molecule has 0 spiro atoms. The van der Waals surface area contributed by atoms with E-state index in [-0.39, 0.29) is 40.4 Å². The van der Waals surface area contributed by atoms with Gasteiger partial charge in [-0.05, 0) is 57.5 Å². The van der Waals surface area contributed by atoms with Gasteiger partial charge in [-0.25, -0.2) is 14.6 Å². The van der Waals surface area contributed by atoms with E-state index in [1.54, 1.807) is 32.1 Å². The molecule has 12 heteroatoms. The Hall–Kier alpha value is -4.09. The smallest absolute Gasteiger partial charge is 0.341 e. The lowest BCUT2D eigenvalue weighted by molar-refractivity contribution is -0.140. The Morgan fingerprint density at radius 3 is 2.61 bits per heavy atom. The van der Waals surface area contributed by atoms with E-state index in [0.29, 0.717) is 31.9 Å². The summed E-state index contributed by atoms with van der Waals surface area (Å²) in [5, 5.41) is 9.07. The van der Waals surface area contributed by atoms with Crippen molar-refractivity contribution < 1.29 is 33.6 Å². The lowest BCUT2D eigenvalue weighted by atomic mass is 9.95. The molecule has 0 amide bonds. The third-order valence-electron chi connectivity index (χ3n) is 5.98. The third kappa shape index (κ3) is 6.31. The van der Waals surface area contributed by atoms with Crippen molar-refractivity contribution in [2.45, 2.75) is 39.8 Å². The lowest BCUT2D eigenvalue weighted by Crippen LogP contribution is -2.40. The predicted octanol–water partition coefficient (Wildman–Crippen LogP) is 3.71. The summed E-state index contributed by atoms with van der Waals surface area (Å²) in [7, 11) is 1.40. The highest BCUT2D eigenvalue weighted by Crippen LogP contribution is 2.38. The molecule has 0 radical (unpaired) electrons. The highest BCUT2D eigenvalue weighted by atomic mass is 35.5. The maximum absolute atomic E-state index is 14.0. The van der Waals surface area contributed by atoms with Crippen molar-refractivity contribution >= 4 is 41.0 Å². The lowest BCUT2D eigenvalue weighted by Gasteiger charge is -2.26. The van der Waals surface area contributed by atoms with E-state index in [9.17, 15) is 14.4 Å². The zero-order chi connectivity index (χ0) is 29.8. The average molecular weight is 601 g/mol. The van der Waals surface area contributed by atoms with Crippen LogP contribution < -0.4 is 29.1 Å². The second-order valence-electron chi connectivity index (χ2n) is 9.22. The van der Waals surface area contributed by atoms with Gasteiger partial charge in [0.15, 0.2) is 22.9 Å². The van der Waals surface area contributed by atoms with Crippen LogP contribution in [-0.2, 0) is 14.3 Å². The Labute approximate surface area is 244 Å². The molecule has 0 aliphatic carbocycles. The standard InChI is InChI=1S/C29H29ClN2O8S/c1-6-38-28(36)24-16(4)31-29-32(25(24)18-9-7-8-10-20(18)40-15(2)3)27(35)22(41-29)13-17-11-19(30)26(21(12-17)37-5)39-14-23(33)34/h7-13,15,25H,6,14H2,1-5H3,(H,33,34)/b22-13+/t25-/m0/s1. The molecule has 4 rings (SSSR count). The Morgan fingerprint density at radius 2 is 1.95 bits per heavy atom. The number of carboxylic acid groups (broad SMARTS) is 1. The SMILES string of the molecule is CCOC(=O)C1=C(C)N=c2s/c(=C/c3cc(Cl)c(OCC(=O)O)c(OC)c3)c(=O)n2[C@H]1c1ccccc1OC(C)C. The molecule has 2 aromatic carbocycles. The molecule has 1 atom stereocenters. The van der Waals surface area contributed by atoms with Gasteiger partial charge in [-0.3, -0.25) is 9.36 Å². The molecule has 0 saturated carbocycles. The van der Waals surface area contributed by atoms with Gasteiger partial charge in [-0.15, -0.1) is 0 Å². The number of esters is 1. The number of carbonyl (C=O) groups excluding carboxylic acids is 1. The van der Waals surface area contributed by atoms with Crippen LogP contribution in [0.2, 0.25) is 5.02 Å². The molecule has 41 heavy (non-hydrogen) atoms. The zero-order valence-corrected chi connectivity index (χ0v) is 24.7. The van der Waals surface area contributed by atoms with Crippen LogP contribution in [0.4, 0.5) is 0 Å². The fourth-order valence-corrected chi connectivity index (χ4v) is 5.72. The first kappa shape index (κ1) is 29.9. The van der Waals surface area contributed by atoms with Gasteiger partial charge >= 0.3 is 11.9 Å². The van der Waals surface area contributed by atoms with Crippen molar-refractivity contribution in [3.05, 3.63) is 83.5 Å². The normalized spacial score (nSPS) is 14.9. The van der Waals surface area contributed by atoms with Crippen LogP contribution in [0.5, 0.6) is 17.2 Å². The zero-order valence-electron chi connectivity index (χ0n) is 23.1. The molecule has 3 aromatic rings. The van der Waals surface area contributed by atoms with Crippen LogP contribution in [0.1, 0.15) is 44.9 Å². The molecule has 1 aliphatic heterocycles. The summed E-state index contributed by atoms with van der Waals surface area (Å²) in [6.45, 7) is 6.78. The summed E-state index contributed by atoms with van der Waals surface area (Å²) in [6.07, 6.45) is 1.47. The van der Waals surface area contributed by atoms with Crippen molar-refractivity contribution in [2.24, 2.45) is 4.99 Å². The number of thiazole rings is 1. The van der Waals surface area contributed by atoms with E-state index in [2.05, 4.69) is 4.99 Å². The number of fused-ring (bicyclic) bond motifs is 1. The largest absolute Gasteiger partial charge is 0.493 e. The minimum atomic E-state index is -1.17. The van der Waals surface area contributed by atoms with Gasteiger partial charge in [0.2, 0.25) is 0 Å². The highest BCUT2D eigenvalue weighted by molar-refractivity contribution is 7.07. The number of allylic oxidation sites excluding steroid dienone is 1. The van der Waals surface area contributed by atoms with Gasteiger partial charge in [0, 0.05) is 5.56 Å². The molecular formula is C29H29ClN2O8S. The molecule has 1 aliphatic rings. The third-order valence-corrected chi connectivity index (χ3v) is 7.25. The number of halogens is 1. The second kappa shape index (κ2) is 12.6. The monoisotopic (exact) mass is 600 g/mol. The number of ether oxygens (including phenoxy) is 4. The van der Waals surface area contributed by atoms with Crippen molar-refractivity contribution in [3.63, 3.8) is 0 Å². The van der Waals surface area contributed by atoms with Crippen LogP contribution in [-0.4, -0.2) is 48.0 Å². The summed E-state index contributed by atoms with van der Waals surface area (Å²) in [4.78, 5) is 43.1. The summed E-state index contributed by atoms with van der Waals surface area (Å²) in [5.74, 6) is -0.920. The van der Waals surface area contributed by atoms with Crippen molar-refractivity contribution in [3.8, 4) is 17.2 Å². The quantitative estimate of drug-likeness (QED) is 0.349. The number of hydrogen-bond donors (Lipinski definition) is 1. The maximum atomic E-state index is 14.0. The molecule has 0 unspecified atom stereocenters. The van der Waals surface area contributed by atoms with Crippen LogP contribution in [0.3, 0.4) is 0 Å². The number of nitrogens with zero attached hydrogens (tertiary/aromatic N) is 2. The Bertz CT molecular complexity index is 1710. The minimum Gasteiger partial charge on any atom is -0.493 e. The van der Waals surface area contributed by atoms with Gasteiger partial charge in [0.1, 0.15) is 11.8 Å².